The van der Waals surface area contributed by atoms with Crippen molar-refractivity contribution in [1.29, 1.82) is 0 Å². The number of rotatable bonds is 6. The van der Waals surface area contributed by atoms with E-state index in [2.05, 4.69) is 12.1 Å². The molecule has 3 aromatic carbocycles. The summed E-state index contributed by atoms with van der Waals surface area (Å²) in [4.78, 5) is 32.4. The zero-order valence-corrected chi connectivity index (χ0v) is 30.1. The molecule has 1 fully saturated rings. The molecule has 1 saturated heterocycles. The van der Waals surface area contributed by atoms with Crippen molar-refractivity contribution in [3.8, 4) is 21.7 Å². The first-order chi connectivity index (χ1) is 22.5. The Morgan fingerprint density at radius 3 is 2.35 bits per heavy atom. The quantitative estimate of drug-likeness (QED) is 0.190. The Hall–Kier alpha value is -3.99. The molecule has 6 rings (SSSR count). The topological polar surface area (TPSA) is 107 Å². The standard InChI is InChI=1S/C37H41ClN4O5S/c1-20-17-26-32(29(21-9-12-24(38)13-10-21)28(20)31(34(43)44)46-36(2,3)4)48-33(39-26)22-11-14-27-25(18-22)30(40-41(27)8)23-15-16-42(19-23)35(45)47-37(5,6)7/h9-14,17-18,23,31H,15-16,19H2,1-8H3,(H,43,44)/t23?,31-/m0/s1. The van der Waals surface area contributed by atoms with Crippen LogP contribution in [0.15, 0.2) is 48.5 Å². The maximum absolute atomic E-state index is 12.8. The van der Waals surface area contributed by atoms with Crippen LogP contribution in [-0.4, -0.2) is 61.1 Å². The monoisotopic (exact) mass is 688 g/mol. The summed E-state index contributed by atoms with van der Waals surface area (Å²) < 4.78 is 14.6. The summed E-state index contributed by atoms with van der Waals surface area (Å²) in [6.45, 7) is 14.2. The Morgan fingerprint density at radius 1 is 1.02 bits per heavy atom. The highest BCUT2D eigenvalue weighted by molar-refractivity contribution is 7.22. The number of carboxylic acids is 1. The fourth-order valence-corrected chi connectivity index (χ4v) is 7.61. The number of fused-ring (bicyclic) bond motifs is 2. The van der Waals surface area contributed by atoms with Crippen molar-refractivity contribution in [3.63, 3.8) is 0 Å². The summed E-state index contributed by atoms with van der Waals surface area (Å²) >= 11 is 7.79. The smallest absolute Gasteiger partial charge is 0.410 e. The lowest BCUT2D eigenvalue weighted by atomic mass is 9.91. The summed E-state index contributed by atoms with van der Waals surface area (Å²) in [7, 11) is 1.94. The number of halogens is 1. The van der Waals surface area contributed by atoms with Crippen LogP contribution < -0.4 is 0 Å². The third-order valence-electron chi connectivity index (χ3n) is 8.37. The van der Waals surface area contributed by atoms with Crippen LogP contribution in [0.5, 0.6) is 0 Å². The highest BCUT2D eigenvalue weighted by Crippen LogP contribution is 2.45. The first-order valence-corrected chi connectivity index (χ1v) is 17.2. The first kappa shape index (κ1) is 33.9. The predicted molar refractivity (Wildman–Crippen MR) is 191 cm³/mol. The summed E-state index contributed by atoms with van der Waals surface area (Å²) in [6.07, 6.45) is -0.693. The van der Waals surface area contributed by atoms with E-state index in [1.165, 1.54) is 11.3 Å². The number of carbonyl (C=O) groups is 2. The van der Waals surface area contributed by atoms with Gasteiger partial charge in [0.15, 0.2) is 6.10 Å². The van der Waals surface area contributed by atoms with E-state index < -0.39 is 23.3 Å². The number of aromatic nitrogens is 3. The van der Waals surface area contributed by atoms with Crippen molar-refractivity contribution < 1.29 is 24.2 Å². The molecule has 5 aromatic rings. The fourth-order valence-electron chi connectivity index (χ4n) is 6.37. The average molecular weight is 689 g/mol. The van der Waals surface area contributed by atoms with Crippen molar-refractivity contribution in [2.75, 3.05) is 13.1 Å². The third-order valence-corrected chi connectivity index (χ3v) is 9.76. The van der Waals surface area contributed by atoms with E-state index in [4.69, 9.17) is 31.2 Å². The van der Waals surface area contributed by atoms with Crippen molar-refractivity contribution in [2.45, 2.75) is 78.1 Å². The molecule has 1 N–H and O–H groups in total. The van der Waals surface area contributed by atoms with Crippen LogP contribution in [0, 0.1) is 6.92 Å². The number of amides is 1. The number of thiazole rings is 1. The van der Waals surface area contributed by atoms with Crippen molar-refractivity contribution in [3.05, 3.63) is 70.4 Å². The molecule has 0 aliphatic carbocycles. The SMILES string of the molecule is Cc1cc2nc(-c3ccc4c(c3)c(C3CCN(C(=O)OC(C)(C)C)C3)nn4C)sc2c(-c2ccc(Cl)cc2)c1[C@H](OC(C)(C)C)C(=O)O. The first-order valence-electron chi connectivity index (χ1n) is 16.0. The molecule has 1 aliphatic rings. The second-order valence-corrected chi connectivity index (χ2v) is 15.9. The van der Waals surface area contributed by atoms with E-state index in [1.54, 1.807) is 4.90 Å². The Labute approximate surface area is 289 Å². The van der Waals surface area contributed by atoms with Gasteiger partial charge in [0.25, 0.3) is 0 Å². The van der Waals surface area contributed by atoms with Crippen molar-refractivity contribution >= 4 is 56.1 Å². The van der Waals surface area contributed by atoms with Gasteiger partial charge in [0.2, 0.25) is 0 Å². The van der Waals surface area contributed by atoms with Crippen LogP contribution in [-0.2, 0) is 21.3 Å². The maximum atomic E-state index is 12.8. The fraction of sp³-hybridized carbons (Fsp3) is 0.405. The highest BCUT2D eigenvalue weighted by atomic mass is 35.5. The van der Waals surface area contributed by atoms with Gasteiger partial charge in [-0.25, -0.2) is 14.6 Å². The lowest BCUT2D eigenvalue weighted by molar-refractivity contribution is -0.160. The minimum absolute atomic E-state index is 0.0734. The minimum Gasteiger partial charge on any atom is -0.479 e. The van der Waals surface area contributed by atoms with Crippen LogP contribution in [0.3, 0.4) is 0 Å². The molecular weight excluding hydrogens is 648 g/mol. The summed E-state index contributed by atoms with van der Waals surface area (Å²) in [5, 5.41) is 17.7. The minimum atomic E-state index is -1.19. The zero-order chi connectivity index (χ0) is 34.7. The van der Waals surface area contributed by atoms with Gasteiger partial charge in [-0.15, -0.1) is 11.3 Å². The second kappa shape index (κ2) is 12.5. The Balaban J connectivity index is 1.45. The largest absolute Gasteiger partial charge is 0.479 e. The number of carbonyl (C=O) groups excluding carboxylic acids is 1. The molecule has 0 spiro atoms. The van der Waals surface area contributed by atoms with Crippen LogP contribution in [0.1, 0.15) is 76.8 Å². The van der Waals surface area contributed by atoms with Crippen LogP contribution in [0.4, 0.5) is 4.79 Å². The molecule has 0 radical (unpaired) electrons. The highest BCUT2D eigenvalue weighted by Gasteiger charge is 2.34. The predicted octanol–water partition coefficient (Wildman–Crippen LogP) is 9.14. The number of hydrogen-bond donors (Lipinski definition) is 1. The Kier molecular flexibility index (Phi) is 8.81. The summed E-state index contributed by atoms with van der Waals surface area (Å²) in [5.41, 5.74) is 5.39. The van der Waals surface area contributed by atoms with Crippen molar-refractivity contribution in [1.82, 2.24) is 19.7 Å². The number of aryl methyl sites for hydroxylation is 2. The van der Waals surface area contributed by atoms with E-state index in [0.29, 0.717) is 23.7 Å². The number of aliphatic carboxylic acids is 1. The molecule has 1 aliphatic heterocycles. The van der Waals surface area contributed by atoms with E-state index in [-0.39, 0.29) is 12.0 Å². The van der Waals surface area contributed by atoms with Crippen LogP contribution in [0.2, 0.25) is 5.02 Å². The number of hydrogen-bond acceptors (Lipinski definition) is 7. The van der Waals surface area contributed by atoms with Gasteiger partial charge >= 0.3 is 12.1 Å². The van der Waals surface area contributed by atoms with Crippen LogP contribution >= 0.6 is 22.9 Å². The number of ether oxygens (including phenoxy) is 2. The lowest BCUT2D eigenvalue weighted by Gasteiger charge is -2.28. The van der Waals surface area contributed by atoms with Gasteiger partial charge in [0.05, 0.1) is 27.0 Å². The molecular formula is C37H41ClN4O5S. The summed E-state index contributed by atoms with van der Waals surface area (Å²) in [6, 6.07) is 15.6. The molecule has 2 aromatic heterocycles. The van der Waals surface area contributed by atoms with Crippen molar-refractivity contribution in [2.24, 2.45) is 7.05 Å². The van der Waals surface area contributed by atoms with E-state index >= 15 is 0 Å². The van der Waals surface area contributed by atoms with Gasteiger partial charge < -0.3 is 19.5 Å². The number of benzene rings is 3. The molecule has 1 amide bonds. The van der Waals surface area contributed by atoms with Gasteiger partial charge in [-0.2, -0.15) is 5.10 Å². The molecule has 9 nitrogen and oxygen atoms in total. The molecule has 2 atom stereocenters. The van der Waals surface area contributed by atoms with Gasteiger partial charge in [-0.05, 0) is 102 Å². The van der Waals surface area contributed by atoms with Gasteiger partial charge in [-0.3, -0.25) is 4.68 Å². The number of carboxylic acid groups (broad SMARTS) is 1. The van der Waals surface area contributed by atoms with E-state index in [0.717, 1.165) is 60.5 Å². The molecule has 48 heavy (non-hydrogen) atoms. The van der Waals surface area contributed by atoms with Gasteiger partial charge in [0, 0.05) is 53.2 Å². The molecule has 11 heteroatoms. The zero-order valence-electron chi connectivity index (χ0n) is 28.6. The maximum Gasteiger partial charge on any atom is 0.410 e. The number of nitrogens with zero attached hydrogens (tertiary/aromatic N) is 4. The molecule has 0 saturated carbocycles. The molecule has 252 valence electrons. The Morgan fingerprint density at radius 2 is 1.71 bits per heavy atom. The van der Waals surface area contributed by atoms with Gasteiger partial charge in [-0.1, -0.05) is 23.7 Å². The average Bonchev–Trinajstić information content (AvgIpc) is 3.72. The molecule has 1 unspecified atom stereocenters. The molecule has 3 heterocycles. The number of likely N-dealkylation sites (tertiary alicyclic amines) is 1. The summed E-state index contributed by atoms with van der Waals surface area (Å²) in [5.74, 6) is -0.983. The van der Waals surface area contributed by atoms with E-state index in [1.807, 2.05) is 96.6 Å². The lowest BCUT2D eigenvalue weighted by Crippen LogP contribution is -2.35. The Bertz CT molecular complexity index is 2040. The molecule has 0 bridgehead atoms. The third kappa shape index (κ3) is 6.79. The second-order valence-electron chi connectivity index (χ2n) is 14.5. The van der Waals surface area contributed by atoms with Crippen LogP contribution in [0.25, 0.3) is 42.8 Å². The van der Waals surface area contributed by atoms with E-state index in [9.17, 15) is 14.7 Å². The van der Waals surface area contributed by atoms with Gasteiger partial charge in [0.1, 0.15) is 10.6 Å². The normalized spacial score (nSPS) is 16.2.